The van der Waals surface area contributed by atoms with E-state index in [0.717, 1.165) is 13.0 Å². The van der Waals surface area contributed by atoms with Gasteiger partial charge in [0.2, 0.25) is 0 Å². The van der Waals surface area contributed by atoms with Gasteiger partial charge in [0.25, 0.3) is 0 Å². The summed E-state index contributed by atoms with van der Waals surface area (Å²) in [5.41, 5.74) is 2.60. The minimum absolute atomic E-state index is 0.0981. The largest absolute Gasteiger partial charge is 0.412 e. The minimum atomic E-state index is -0.429. The van der Waals surface area contributed by atoms with Crippen LogP contribution < -0.4 is 15.0 Å². The molecule has 2 heterocycles. The molecule has 0 aromatic heterocycles. The number of likely N-dealkylation sites (N-methyl/N-ethyl adjacent to an activating group) is 2. The van der Waals surface area contributed by atoms with Crippen LogP contribution >= 0.6 is 22.6 Å². The van der Waals surface area contributed by atoms with Gasteiger partial charge in [-0.2, -0.15) is 0 Å². The summed E-state index contributed by atoms with van der Waals surface area (Å²) in [7, 11) is 5.86. The van der Waals surface area contributed by atoms with Crippen LogP contribution in [0.4, 0.5) is 10.5 Å². The predicted molar refractivity (Wildman–Crippen MR) is 98.3 cm³/mol. The van der Waals surface area contributed by atoms with Gasteiger partial charge in [-0.1, -0.05) is 29.5 Å². The topological polar surface area (TPSA) is 44.8 Å². The molecule has 122 valence electrons. The summed E-state index contributed by atoms with van der Waals surface area (Å²) in [5.74, 6) is 0.605. The van der Waals surface area contributed by atoms with Gasteiger partial charge in [-0.05, 0) is 42.2 Å². The number of nitrogens with one attached hydrogen (secondary N) is 1. The third kappa shape index (κ3) is 2.67. The third-order valence-corrected chi connectivity index (χ3v) is 4.72. The average molecular weight is 417 g/mol. The lowest BCUT2D eigenvalue weighted by Gasteiger charge is -2.32. The number of carbonyl (C=O) groups is 1. The van der Waals surface area contributed by atoms with Gasteiger partial charge >= 0.3 is 6.09 Å². The first-order valence-electron chi connectivity index (χ1n) is 7.32. The first-order valence-corrected chi connectivity index (χ1v) is 9.48. The Morgan fingerprint density at radius 2 is 2.09 bits per heavy atom. The lowest BCUT2D eigenvalue weighted by atomic mass is 9.81. The number of anilines is 1. The third-order valence-electron chi connectivity index (χ3n) is 4.72. The first-order chi connectivity index (χ1) is 10.5. The zero-order valence-corrected chi connectivity index (χ0v) is 16.0. The molecule has 1 amide bonds. The van der Waals surface area contributed by atoms with E-state index < -0.39 is 6.09 Å². The van der Waals surface area contributed by atoms with Gasteiger partial charge in [0.05, 0.1) is 6.17 Å². The number of alkyl halides is 1. The molecular formula is C16H24IN3O2. The highest BCUT2D eigenvalue weighted by Gasteiger charge is 2.52. The molecule has 2 aliphatic heterocycles. The molecule has 2 unspecified atom stereocenters. The van der Waals surface area contributed by atoms with Gasteiger partial charge in [-0.15, -0.1) is 0 Å². The number of hydrogen-bond donors (Lipinski definition) is 1. The smallest absolute Gasteiger partial charge is 0.410 e. The molecule has 3 rings (SSSR count). The normalized spacial score (nSPS) is 25.9. The second kappa shape index (κ2) is 6.62. The predicted octanol–water partition coefficient (Wildman–Crippen LogP) is 2.83. The number of carbonyl (C=O) groups excluding carboxylic acids is 1. The van der Waals surface area contributed by atoms with Crippen LogP contribution in [0.15, 0.2) is 18.2 Å². The number of ether oxygens (including phenoxy) is 1. The molecule has 1 aromatic rings. The molecule has 0 radical (unpaired) electrons. The Bertz CT molecular complexity index is 566. The molecule has 0 spiro atoms. The number of benzene rings is 1. The molecule has 0 bridgehead atoms. The van der Waals surface area contributed by atoms with Crippen LogP contribution in [-0.4, -0.2) is 49.8 Å². The summed E-state index contributed by atoms with van der Waals surface area (Å²) in [6.07, 6.45) is 1.07. The van der Waals surface area contributed by atoms with Gasteiger partial charge in [0.15, 0.2) is 0 Å². The summed E-state index contributed by atoms with van der Waals surface area (Å²) in [6, 6.07) is 5.92. The lowest BCUT2D eigenvalue weighted by molar-refractivity contribution is 0.203. The summed E-state index contributed by atoms with van der Waals surface area (Å²) in [6.45, 7) is 3.39. The molecule has 1 N–H and O–H groups in total. The highest BCUT2D eigenvalue weighted by atomic mass is 127. The zero-order valence-electron chi connectivity index (χ0n) is 13.8. The summed E-state index contributed by atoms with van der Waals surface area (Å²) in [4.78, 5) is 18.0. The number of halogens is 1. The van der Waals surface area contributed by atoms with Gasteiger partial charge in [0.1, 0.15) is 5.75 Å². The molecule has 5 nitrogen and oxygen atoms in total. The van der Waals surface area contributed by atoms with Crippen molar-refractivity contribution in [2.75, 3.05) is 37.5 Å². The van der Waals surface area contributed by atoms with Crippen molar-refractivity contribution in [1.82, 2.24) is 10.2 Å². The van der Waals surface area contributed by atoms with Gasteiger partial charge in [0, 0.05) is 31.7 Å². The first kappa shape index (κ1) is 17.3. The molecule has 0 saturated carbocycles. The van der Waals surface area contributed by atoms with Crippen molar-refractivity contribution in [1.29, 1.82) is 0 Å². The van der Waals surface area contributed by atoms with E-state index in [1.54, 1.807) is 7.05 Å². The van der Waals surface area contributed by atoms with Crippen molar-refractivity contribution in [3.8, 4) is 5.75 Å². The van der Waals surface area contributed by atoms with E-state index in [4.69, 9.17) is 4.74 Å². The molecule has 1 aromatic carbocycles. The zero-order chi connectivity index (χ0) is 16.5. The monoisotopic (exact) mass is 417 g/mol. The highest BCUT2D eigenvalue weighted by molar-refractivity contribution is 14.1. The fraction of sp³-hybridized carbons (Fsp3) is 0.562. The average Bonchev–Trinajstić information content (AvgIpc) is 2.95. The van der Waals surface area contributed by atoms with Gasteiger partial charge in [-0.3, -0.25) is 4.90 Å². The molecule has 1 saturated heterocycles. The van der Waals surface area contributed by atoms with Crippen LogP contribution in [0.1, 0.15) is 18.9 Å². The number of likely N-dealkylation sites (tertiary alicyclic amines) is 1. The van der Waals surface area contributed by atoms with Crippen molar-refractivity contribution < 1.29 is 9.53 Å². The van der Waals surface area contributed by atoms with E-state index in [-0.39, 0.29) is 5.41 Å². The number of nitrogens with zero attached hydrogens (tertiary/aromatic N) is 2. The van der Waals surface area contributed by atoms with Crippen molar-refractivity contribution in [3.05, 3.63) is 23.8 Å². The van der Waals surface area contributed by atoms with Crippen LogP contribution in [0.25, 0.3) is 0 Å². The maximum Gasteiger partial charge on any atom is 0.412 e. The van der Waals surface area contributed by atoms with E-state index in [0.29, 0.717) is 11.9 Å². The Morgan fingerprint density at radius 1 is 1.41 bits per heavy atom. The van der Waals surface area contributed by atoms with Crippen LogP contribution in [0, 0.1) is 0 Å². The molecule has 1 fully saturated rings. The summed E-state index contributed by atoms with van der Waals surface area (Å²) < 4.78 is 5.26. The van der Waals surface area contributed by atoms with Crippen LogP contribution in [0.2, 0.25) is 0 Å². The van der Waals surface area contributed by atoms with E-state index in [1.165, 1.54) is 11.3 Å². The van der Waals surface area contributed by atoms with Gasteiger partial charge < -0.3 is 15.0 Å². The molecule has 2 atom stereocenters. The number of rotatable bonds is 1. The van der Waals surface area contributed by atoms with Crippen LogP contribution in [-0.2, 0) is 5.41 Å². The van der Waals surface area contributed by atoms with Crippen molar-refractivity contribution in [2.24, 2.45) is 0 Å². The number of fused-ring (bicyclic) bond motifs is 3. The second-order valence-corrected chi connectivity index (χ2v) is 5.95. The fourth-order valence-corrected chi connectivity index (χ4v) is 3.78. The highest BCUT2D eigenvalue weighted by Crippen LogP contribution is 2.51. The Morgan fingerprint density at radius 3 is 2.73 bits per heavy atom. The maximum absolute atomic E-state index is 11.4. The molecule has 6 heteroatoms. The maximum atomic E-state index is 11.4. The molecule has 0 aliphatic carbocycles. The minimum Gasteiger partial charge on any atom is -0.410 e. The van der Waals surface area contributed by atoms with E-state index >= 15 is 0 Å². The van der Waals surface area contributed by atoms with E-state index in [9.17, 15) is 4.79 Å². The Balaban J connectivity index is 0.000000847. The standard InChI is InChI=1S/C15H21N3O2.CH3I/c1-15-7-8-17(3)13(15)18(4)12-6-5-10(9-11(12)15)20-14(19)16-2;1-2/h5-6,9,13H,7-8H2,1-4H3,(H,16,19);1H3. The quantitative estimate of drug-likeness (QED) is 0.564. The van der Waals surface area contributed by atoms with E-state index in [1.807, 2.05) is 23.1 Å². The lowest BCUT2D eigenvalue weighted by Crippen LogP contribution is -2.45. The fourth-order valence-electron chi connectivity index (χ4n) is 3.78. The Hall–Kier alpha value is -1.02. The Labute approximate surface area is 146 Å². The second-order valence-electron chi connectivity index (χ2n) is 5.95. The van der Waals surface area contributed by atoms with Crippen LogP contribution in [0.3, 0.4) is 0 Å². The Kier molecular flexibility index (Phi) is 5.21. The SMILES string of the molecule is CI.CNC(=O)Oc1ccc2c(c1)C1(C)CCN(C)C1N2C. The molecule has 22 heavy (non-hydrogen) atoms. The van der Waals surface area contributed by atoms with Crippen molar-refractivity contribution in [2.45, 2.75) is 24.9 Å². The molecular weight excluding hydrogens is 393 g/mol. The van der Waals surface area contributed by atoms with E-state index in [2.05, 4.69) is 58.7 Å². The summed E-state index contributed by atoms with van der Waals surface area (Å²) in [5, 5.41) is 2.47. The van der Waals surface area contributed by atoms with Gasteiger partial charge in [-0.25, -0.2) is 4.79 Å². The van der Waals surface area contributed by atoms with Crippen molar-refractivity contribution in [3.63, 3.8) is 0 Å². The number of amides is 1. The van der Waals surface area contributed by atoms with Crippen molar-refractivity contribution >= 4 is 34.4 Å². The van der Waals surface area contributed by atoms with Crippen LogP contribution in [0.5, 0.6) is 5.75 Å². The summed E-state index contributed by atoms with van der Waals surface area (Å²) >= 11 is 2.15. The number of hydrogen-bond acceptors (Lipinski definition) is 4. The molecule has 2 aliphatic rings.